The third kappa shape index (κ3) is 2.37. The average molecular weight is 227 g/mol. The summed E-state index contributed by atoms with van der Waals surface area (Å²) >= 11 is 0. The lowest BCUT2D eigenvalue weighted by Crippen LogP contribution is -2.06. The van der Waals surface area contributed by atoms with E-state index in [1.807, 2.05) is 51.1 Å². The van der Waals surface area contributed by atoms with Gasteiger partial charge in [0.1, 0.15) is 6.10 Å². The standard InChI is InChI=1S/C15H17NO/c1-10-8-12(3)14(16-9-10)15(17)13-7-5-4-6-11(13)2/h4-9,15,17H,1-3H3. The maximum Gasteiger partial charge on any atom is 0.121 e. The number of aliphatic hydroxyl groups excluding tert-OH is 1. The lowest BCUT2D eigenvalue weighted by molar-refractivity contribution is 0.213. The van der Waals surface area contributed by atoms with E-state index < -0.39 is 6.10 Å². The first-order valence-corrected chi connectivity index (χ1v) is 5.76. The number of hydrogen-bond donors (Lipinski definition) is 1. The molecule has 1 aromatic carbocycles. The van der Waals surface area contributed by atoms with Gasteiger partial charge in [-0.3, -0.25) is 4.98 Å². The fourth-order valence-corrected chi connectivity index (χ4v) is 2.05. The van der Waals surface area contributed by atoms with Gasteiger partial charge < -0.3 is 5.11 Å². The first-order chi connectivity index (χ1) is 8.09. The van der Waals surface area contributed by atoms with Gasteiger partial charge in [0, 0.05) is 6.20 Å². The molecule has 2 heteroatoms. The molecule has 0 saturated carbocycles. The van der Waals surface area contributed by atoms with Crippen LogP contribution in [0.2, 0.25) is 0 Å². The number of benzene rings is 1. The van der Waals surface area contributed by atoms with Crippen molar-refractivity contribution in [2.24, 2.45) is 0 Å². The Morgan fingerprint density at radius 3 is 2.41 bits per heavy atom. The molecule has 0 fully saturated rings. The van der Waals surface area contributed by atoms with Crippen LogP contribution in [0.25, 0.3) is 0 Å². The van der Waals surface area contributed by atoms with E-state index >= 15 is 0 Å². The minimum absolute atomic E-state index is 0.642. The topological polar surface area (TPSA) is 33.1 Å². The first-order valence-electron chi connectivity index (χ1n) is 5.76. The summed E-state index contributed by atoms with van der Waals surface area (Å²) in [6.07, 6.45) is 1.15. The number of pyridine rings is 1. The van der Waals surface area contributed by atoms with Crippen LogP contribution >= 0.6 is 0 Å². The van der Waals surface area contributed by atoms with Crippen LogP contribution in [0, 0.1) is 20.8 Å². The summed E-state index contributed by atoms with van der Waals surface area (Å²) in [6, 6.07) is 9.91. The normalized spacial score (nSPS) is 12.5. The maximum absolute atomic E-state index is 10.4. The van der Waals surface area contributed by atoms with Crippen LogP contribution in [-0.2, 0) is 0 Å². The van der Waals surface area contributed by atoms with Crippen molar-refractivity contribution in [1.29, 1.82) is 0 Å². The molecular weight excluding hydrogens is 210 g/mol. The number of hydrogen-bond acceptors (Lipinski definition) is 2. The second-order valence-electron chi connectivity index (χ2n) is 4.47. The van der Waals surface area contributed by atoms with Crippen LogP contribution in [-0.4, -0.2) is 10.1 Å². The van der Waals surface area contributed by atoms with Gasteiger partial charge in [0.05, 0.1) is 5.69 Å². The molecule has 2 rings (SSSR count). The van der Waals surface area contributed by atoms with Gasteiger partial charge >= 0.3 is 0 Å². The van der Waals surface area contributed by atoms with E-state index in [9.17, 15) is 5.11 Å². The molecule has 2 aromatic rings. The van der Waals surface area contributed by atoms with Gasteiger partial charge in [-0.2, -0.15) is 0 Å². The zero-order valence-corrected chi connectivity index (χ0v) is 10.4. The highest BCUT2D eigenvalue weighted by molar-refractivity contribution is 5.36. The number of aliphatic hydroxyl groups is 1. The molecule has 0 spiro atoms. The summed E-state index contributed by atoms with van der Waals surface area (Å²) in [4.78, 5) is 4.35. The van der Waals surface area contributed by atoms with Gasteiger partial charge in [0.2, 0.25) is 0 Å². The van der Waals surface area contributed by atoms with Crippen molar-refractivity contribution in [2.45, 2.75) is 26.9 Å². The zero-order valence-electron chi connectivity index (χ0n) is 10.4. The van der Waals surface area contributed by atoms with Crippen LogP contribution in [0.5, 0.6) is 0 Å². The van der Waals surface area contributed by atoms with E-state index in [-0.39, 0.29) is 0 Å². The fourth-order valence-electron chi connectivity index (χ4n) is 2.05. The molecule has 1 unspecified atom stereocenters. The van der Waals surface area contributed by atoms with Crippen molar-refractivity contribution in [3.05, 3.63) is 64.5 Å². The molecular formula is C15H17NO. The molecule has 0 saturated heterocycles. The lowest BCUT2D eigenvalue weighted by atomic mass is 9.98. The summed E-state index contributed by atoms with van der Waals surface area (Å²) in [5.41, 5.74) is 4.89. The van der Waals surface area contributed by atoms with Crippen molar-refractivity contribution in [3.63, 3.8) is 0 Å². The molecule has 0 aliphatic carbocycles. The molecule has 0 bridgehead atoms. The number of rotatable bonds is 2. The van der Waals surface area contributed by atoms with Crippen molar-refractivity contribution in [3.8, 4) is 0 Å². The summed E-state index contributed by atoms with van der Waals surface area (Å²) in [5.74, 6) is 0. The van der Waals surface area contributed by atoms with Crippen molar-refractivity contribution >= 4 is 0 Å². The third-order valence-corrected chi connectivity index (χ3v) is 3.00. The molecule has 1 heterocycles. The van der Waals surface area contributed by atoms with E-state index in [0.717, 1.165) is 27.9 Å². The predicted octanol–water partition coefficient (Wildman–Crippen LogP) is 3.09. The molecule has 0 aliphatic heterocycles. The van der Waals surface area contributed by atoms with Gasteiger partial charge in [-0.1, -0.05) is 30.3 Å². The highest BCUT2D eigenvalue weighted by Gasteiger charge is 2.15. The van der Waals surface area contributed by atoms with Crippen LogP contribution in [0.3, 0.4) is 0 Å². The largest absolute Gasteiger partial charge is 0.382 e. The van der Waals surface area contributed by atoms with Gasteiger partial charge in [-0.05, 0) is 43.0 Å². The second kappa shape index (κ2) is 4.68. The smallest absolute Gasteiger partial charge is 0.121 e. The SMILES string of the molecule is Cc1cnc(C(O)c2ccccc2C)c(C)c1. The van der Waals surface area contributed by atoms with E-state index in [0.29, 0.717) is 0 Å². The Morgan fingerprint density at radius 2 is 1.76 bits per heavy atom. The highest BCUT2D eigenvalue weighted by atomic mass is 16.3. The Morgan fingerprint density at radius 1 is 1.06 bits per heavy atom. The minimum atomic E-state index is -0.642. The molecule has 1 aromatic heterocycles. The first kappa shape index (κ1) is 11.8. The predicted molar refractivity (Wildman–Crippen MR) is 69.0 cm³/mol. The van der Waals surface area contributed by atoms with Crippen LogP contribution in [0.1, 0.15) is 34.1 Å². The van der Waals surface area contributed by atoms with Crippen LogP contribution in [0.4, 0.5) is 0 Å². The van der Waals surface area contributed by atoms with Gasteiger partial charge in [0.25, 0.3) is 0 Å². The Hall–Kier alpha value is -1.67. The molecule has 88 valence electrons. The fraction of sp³-hybridized carbons (Fsp3) is 0.267. The molecule has 2 nitrogen and oxygen atoms in total. The van der Waals surface area contributed by atoms with E-state index in [4.69, 9.17) is 0 Å². The van der Waals surface area contributed by atoms with Crippen LogP contribution in [0.15, 0.2) is 36.5 Å². The summed E-state index contributed by atoms with van der Waals surface area (Å²) in [7, 11) is 0. The van der Waals surface area contributed by atoms with Crippen LogP contribution < -0.4 is 0 Å². The summed E-state index contributed by atoms with van der Waals surface area (Å²) in [6.45, 7) is 5.99. The van der Waals surface area contributed by atoms with Crippen molar-refractivity contribution in [2.75, 3.05) is 0 Å². The third-order valence-electron chi connectivity index (χ3n) is 3.00. The van der Waals surface area contributed by atoms with Crippen molar-refractivity contribution < 1.29 is 5.11 Å². The highest BCUT2D eigenvalue weighted by Crippen LogP contribution is 2.25. The summed E-state index contributed by atoms with van der Waals surface area (Å²) in [5, 5.41) is 10.4. The van der Waals surface area contributed by atoms with E-state index in [2.05, 4.69) is 4.98 Å². The zero-order chi connectivity index (χ0) is 12.4. The molecule has 1 N–H and O–H groups in total. The Kier molecular flexibility index (Phi) is 3.25. The number of aryl methyl sites for hydroxylation is 3. The molecule has 1 atom stereocenters. The minimum Gasteiger partial charge on any atom is -0.382 e. The van der Waals surface area contributed by atoms with Gasteiger partial charge in [-0.25, -0.2) is 0 Å². The lowest BCUT2D eigenvalue weighted by Gasteiger charge is -2.15. The maximum atomic E-state index is 10.4. The number of nitrogens with zero attached hydrogens (tertiary/aromatic N) is 1. The second-order valence-corrected chi connectivity index (χ2v) is 4.47. The van der Waals surface area contributed by atoms with Gasteiger partial charge in [-0.15, -0.1) is 0 Å². The molecule has 0 amide bonds. The number of aromatic nitrogens is 1. The average Bonchev–Trinajstić information content (AvgIpc) is 2.29. The van der Waals surface area contributed by atoms with Gasteiger partial charge in [0.15, 0.2) is 0 Å². The molecule has 0 aliphatic rings. The quantitative estimate of drug-likeness (QED) is 0.855. The Labute approximate surface area is 102 Å². The summed E-state index contributed by atoms with van der Waals surface area (Å²) < 4.78 is 0. The molecule has 0 radical (unpaired) electrons. The monoisotopic (exact) mass is 227 g/mol. The molecule has 17 heavy (non-hydrogen) atoms. The Balaban J connectivity index is 2.44. The van der Waals surface area contributed by atoms with E-state index in [1.165, 1.54) is 0 Å². The van der Waals surface area contributed by atoms with E-state index in [1.54, 1.807) is 6.20 Å². The Bertz CT molecular complexity index is 534. The van der Waals surface area contributed by atoms with Crippen molar-refractivity contribution in [1.82, 2.24) is 4.98 Å².